The summed E-state index contributed by atoms with van der Waals surface area (Å²) in [6.45, 7) is 0. The Balaban J connectivity index is 1.87. The van der Waals surface area contributed by atoms with E-state index in [2.05, 4.69) is 82.3 Å². The fraction of sp³-hybridized carbons (Fsp3) is 0.154. The van der Waals surface area contributed by atoms with Gasteiger partial charge >= 0.3 is 0 Å². The van der Waals surface area contributed by atoms with E-state index in [0.29, 0.717) is 5.69 Å². The number of aromatic nitrogens is 2. The second-order valence-corrected chi connectivity index (χ2v) is 7.60. The lowest BCUT2D eigenvalue weighted by Gasteiger charge is -2.38. The van der Waals surface area contributed by atoms with Crippen molar-refractivity contribution in [3.05, 3.63) is 126 Å². The second kappa shape index (κ2) is 7.17. The lowest BCUT2D eigenvalue weighted by atomic mass is 9.76. The second-order valence-electron chi connectivity index (χ2n) is 7.60. The molecular formula is C26H22N2O. The van der Waals surface area contributed by atoms with E-state index < -0.39 is 5.54 Å². The first-order valence-electron chi connectivity index (χ1n) is 10.1. The average molecular weight is 378 g/mol. The first-order valence-corrected chi connectivity index (χ1v) is 10.1. The summed E-state index contributed by atoms with van der Waals surface area (Å²) in [5.74, 6) is 0.320. The van der Waals surface area contributed by atoms with Crippen LogP contribution in [0.4, 0.5) is 0 Å². The standard InChI is InChI=1S/C26H22N2O/c29-25(20-16-17-20)24-18-27-19-28(24)26(21-10-4-1-5-11-21,22-12-6-2-7-13-22)23-14-8-3-9-15-23/h1-15,18-20H,16-17H2. The van der Waals surface area contributed by atoms with Crippen LogP contribution in [0.25, 0.3) is 0 Å². The molecule has 1 fully saturated rings. The molecule has 0 amide bonds. The molecule has 0 atom stereocenters. The summed E-state index contributed by atoms with van der Waals surface area (Å²) >= 11 is 0. The van der Waals surface area contributed by atoms with Gasteiger partial charge in [-0.3, -0.25) is 4.79 Å². The van der Waals surface area contributed by atoms with Gasteiger partial charge in [-0.2, -0.15) is 0 Å². The van der Waals surface area contributed by atoms with Crippen LogP contribution in [-0.4, -0.2) is 15.3 Å². The number of ketones is 1. The Labute approximate surface area is 170 Å². The van der Waals surface area contributed by atoms with Crippen molar-refractivity contribution in [2.75, 3.05) is 0 Å². The van der Waals surface area contributed by atoms with Crippen LogP contribution in [0.3, 0.4) is 0 Å². The van der Waals surface area contributed by atoms with Crippen LogP contribution in [0.1, 0.15) is 40.0 Å². The van der Waals surface area contributed by atoms with Gasteiger partial charge in [0.25, 0.3) is 0 Å². The van der Waals surface area contributed by atoms with Crippen LogP contribution >= 0.6 is 0 Å². The number of imidazole rings is 1. The van der Waals surface area contributed by atoms with Crippen molar-refractivity contribution >= 4 is 5.78 Å². The molecule has 0 unspecified atom stereocenters. The minimum absolute atomic E-state index is 0.130. The van der Waals surface area contributed by atoms with Gasteiger partial charge in [0.1, 0.15) is 11.2 Å². The highest BCUT2D eigenvalue weighted by molar-refractivity contribution is 5.98. The number of rotatable bonds is 6. The van der Waals surface area contributed by atoms with Crippen LogP contribution in [0, 0.1) is 5.92 Å². The molecule has 3 aromatic carbocycles. The van der Waals surface area contributed by atoms with Crippen LogP contribution in [0.5, 0.6) is 0 Å². The SMILES string of the molecule is O=C(c1cncn1C(c1ccccc1)(c1ccccc1)c1ccccc1)C1CC1. The molecule has 1 aliphatic carbocycles. The molecule has 1 heterocycles. The molecule has 1 aliphatic rings. The molecule has 5 rings (SSSR count). The van der Waals surface area contributed by atoms with E-state index in [0.717, 1.165) is 29.5 Å². The summed E-state index contributed by atoms with van der Waals surface area (Å²) in [7, 11) is 0. The van der Waals surface area contributed by atoms with E-state index in [4.69, 9.17) is 0 Å². The Bertz CT molecular complexity index is 1020. The van der Waals surface area contributed by atoms with E-state index in [9.17, 15) is 4.79 Å². The number of Topliss-reactive ketones (excluding diaryl/α,β-unsaturated/α-hetero) is 1. The van der Waals surface area contributed by atoms with Gasteiger partial charge in [0.15, 0.2) is 5.78 Å². The molecule has 0 N–H and O–H groups in total. The fourth-order valence-corrected chi connectivity index (χ4v) is 4.25. The Morgan fingerprint density at radius 1 is 0.759 bits per heavy atom. The Hall–Kier alpha value is -3.46. The third kappa shape index (κ3) is 2.90. The van der Waals surface area contributed by atoms with Crippen molar-refractivity contribution in [1.82, 2.24) is 9.55 Å². The third-order valence-electron chi connectivity index (χ3n) is 5.78. The maximum atomic E-state index is 13.2. The predicted molar refractivity (Wildman–Crippen MR) is 114 cm³/mol. The largest absolute Gasteiger partial charge is 0.309 e. The molecule has 0 radical (unpaired) electrons. The van der Waals surface area contributed by atoms with Crippen molar-refractivity contribution in [2.24, 2.45) is 5.92 Å². The monoisotopic (exact) mass is 378 g/mol. The van der Waals surface area contributed by atoms with Crippen molar-refractivity contribution in [2.45, 2.75) is 18.4 Å². The van der Waals surface area contributed by atoms with Crippen LogP contribution < -0.4 is 0 Å². The summed E-state index contributed by atoms with van der Waals surface area (Å²) in [6.07, 6.45) is 5.48. The molecule has 0 bridgehead atoms. The lowest BCUT2D eigenvalue weighted by molar-refractivity contribution is 0.0956. The van der Waals surface area contributed by atoms with Gasteiger partial charge in [0.05, 0.1) is 12.5 Å². The molecule has 29 heavy (non-hydrogen) atoms. The van der Waals surface area contributed by atoms with Crippen LogP contribution in [-0.2, 0) is 5.54 Å². The zero-order valence-electron chi connectivity index (χ0n) is 16.1. The smallest absolute Gasteiger partial charge is 0.183 e. The first-order chi connectivity index (χ1) is 14.3. The van der Waals surface area contributed by atoms with Gasteiger partial charge in [-0.15, -0.1) is 0 Å². The molecule has 0 saturated heterocycles. The molecule has 1 aromatic heterocycles. The van der Waals surface area contributed by atoms with E-state index in [1.807, 2.05) is 24.5 Å². The van der Waals surface area contributed by atoms with E-state index in [-0.39, 0.29) is 11.7 Å². The molecule has 3 nitrogen and oxygen atoms in total. The fourth-order valence-electron chi connectivity index (χ4n) is 4.25. The highest BCUT2D eigenvalue weighted by atomic mass is 16.1. The van der Waals surface area contributed by atoms with Crippen molar-refractivity contribution < 1.29 is 4.79 Å². The van der Waals surface area contributed by atoms with Gasteiger partial charge in [-0.1, -0.05) is 91.0 Å². The van der Waals surface area contributed by atoms with Gasteiger partial charge in [0, 0.05) is 5.92 Å². The zero-order chi connectivity index (χ0) is 19.7. The summed E-state index contributed by atoms with van der Waals surface area (Å²) in [4.78, 5) is 17.6. The van der Waals surface area contributed by atoms with Crippen molar-refractivity contribution in [3.63, 3.8) is 0 Å². The van der Waals surface area contributed by atoms with E-state index in [1.54, 1.807) is 6.20 Å². The van der Waals surface area contributed by atoms with Crippen molar-refractivity contribution in [3.8, 4) is 0 Å². The van der Waals surface area contributed by atoms with Crippen LogP contribution in [0.15, 0.2) is 104 Å². The summed E-state index contributed by atoms with van der Waals surface area (Å²) in [6, 6.07) is 31.2. The average Bonchev–Trinajstić information content (AvgIpc) is 3.54. The Kier molecular flexibility index (Phi) is 4.36. The summed E-state index contributed by atoms with van der Waals surface area (Å²) in [5.41, 5.74) is 3.28. The number of carbonyl (C=O) groups excluding carboxylic acids is 1. The van der Waals surface area contributed by atoms with Gasteiger partial charge in [-0.25, -0.2) is 4.98 Å². The van der Waals surface area contributed by atoms with E-state index in [1.165, 1.54) is 0 Å². The maximum absolute atomic E-state index is 13.2. The number of nitrogens with zero attached hydrogens (tertiary/aromatic N) is 2. The van der Waals surface area contributed by atoms with E-state index >= 15 is 0 Å². The topological polar surface area (TPSA) is 34.9 Å². The lowest BCUT2D eigenvalue weighted by Crippen LogP contribution is -2.39. The summed E-state index contributed by atoms with van der Waals surface area (Å²) < 4.78 is 2.08. The minimum Gasteiger partial charge on any atom is -0.309 e. The molecule has 142 valence electrons. The normalized spacial score (nSPS) is 13.9. The molecule has 0 spiro atoms. The van der Waals surface area contributed by atoms with Gasteiger partial charge < -0.3 is 4.57 Å². The molecule has 4 aromatic rings. The maximum Gasteiger partial charge on any atom is 0.183 e. The zero-order valence-corrected chi connectivity index (χ0v) is 16.1. The molecule has 1 saturated carbocycles. The molecule has 0 aliphatic heterocycles. The highest BCUT2D eigenvalue weighted by Gasteiger charge is 2.42. The quantitative estimate of drug-likeness (QED) is 0.336. The Morgan fingerprint density at radius 2 is 1.21 bits per heavy atom. The van der Waals surface area contributed by atoms with Crippen molar-refractivity contribution in [1.29, 1.82) is 0 Å². The summed E-state index contributed by atoms with van der Waals surface area (Å²) in [5, 5.41) is 0. The highest BCUT2D eigenvalue weighted by Crippen LogP contribution is 2.42. The number of hydrogen-bond acceptors (Lipinski definition) is 2. The first kappa shape index (κ1) is 17.6. The number of benzene rings is 3. The molecule has 3 heteroatoms. The number of carbonyl (C=O) groups is 1. The predicted octanol–water partition coefficient (Wildman–Crippen LogP) is 5.32. The van der Waals surface area contributed by atoms with Gasteiger partial charge in [0.2, 0.25) is 0 Å². The van der Waals surface area contributed by atoms with Gasteiger partial charge in [-0.05, 0) is 29.5 Å². The minimum atomic E-state index is -0.680. The molecular weight excluding hydrogens is 356 g/mol. The third-order valence-corrected chi connectivity index (χ3v) is 5.78. The Morgan fingerprint density at radius 3 is 1.62 bits per heavy atom. The van der Waals surface area contributed by atoms with Crippen LogP contribution in [0.2, 0.25) is 0 Å². The number of hydrogen-bond donors (Lipinski definition) is 0.